The number of benzene rings is 3. The zero-order valence-corrected chi connectivity index (χ0v) is 22.8. The lowest BCUT2D eigenvalue weighted by molar-refractivity contribution is -0.137. The summed E-state index contributed by atoms with van der Waals surface area (Å²) in [5.74, 6) is -1.34. The Bertz CT molecular complexity index is 2100. The van der Waals surface area contributed by atoms with Crippen LogP contribution in [0.2, 0.25) is 0 Å². The van der Waals surface area contributed by atoms with Crippen molar-refractivity contribution in [1.29, 1.82) is 0 Å². The fourth-order valence-electron chi connectivity index (χ4n) is 5.13. The number of aryl methyl sites for hydroxylation is 1. The Balaban J connectivity index is 1.29. The number of hydrogen-bond acceptors (Lipinski definition) is 5. The predicted molar refractivity (Wildman–Crippen MR) is 153 cm³/mol. The Morgan fingerprint density at radius 1 is 1.02 bits per heavy atom. The van der Waals surface area contributed by atoms with Gasteiger partial charge in [-0.3, -0.25) is 9.59 Å². The fraction of sp³-hybridized carbons (Fsp3) is 0.125. The molecule has 0 spiro atoms. The first-order valence-electron chi connectivity index (χ1n) is 13.1. The Morgan fingerprint density at radius 2 is 1.79 bits per heavy atom. The van der Waals surface area contributed by atoms with Crippen LogP contribution < -0.4 is 10.2 Å². The Labute approximate surface area is 241 Å². The van der Waals surface area contributed by atoms with Gasteiger partial charge in [-0.15, -0.1) is 0 Å². The molecular weight excluding hydrogens is 564 g/mol. The molecule has 11 heteroatoms. The lowest BCUT2D eigenvalue weighted by Crippen LogP contribution is -2.23. The molecule has 6 aromatic rings. The van der Waals surface area contributed by atoms with Crippen LogP contribution in [0.4, 0.5) is 17.6 Å². The van der Waals surface area contributed by atoms with Crippen LogP contribution in [0.15, 0.2) is 84.0 Å². The number of rotatable bonds is 6. The van der Waals surface area contributed by atoms with Crippen molar-refractivity contribution in [3.63, 3.8) is 0 Å². The van der Waals surface area contributed by atoms with Crippen LogP contribution >= 0.6 is 0 Å². The standard InChI is InChI=1S/C32H22F4N4O3/c1-17-27(29(42)21-10-9-20(32(34,35)36)14-24(21)40(17)2)25(41)13-18-8-11-26(23(33)12-18)43-31-28-22(19-6-4-3-5-7-19)15-37-30(28)38-16-39-31/h3-12,14-16H,13H2,1-2H3,(H,37,38,39). The molecule has 0 saturated carbocycles. The van der Waals surface area contributed by atoms with Gasteiger partial charge < -0.3 is 14.3 Å². The highest BCUT2D eigenvalue weighted by Gasteiger charge is 2.31. The van der Waals surface area contributed by atoms with E-state index < -0.39 is 28.8 Å². The summed E-state index contributed by atoms with van der Waals surface area (Å²) in [5, 5.41) is 0.549. The number of hydrogen-bond donors (Lipinski definition) is 1. The van der Waals surface area contributed by atoms with Gasteiger partial charge in [0, 0.05) is 36.3 Å². The predicted octanol–water partition coefficient (Wildman–Crippen LogP) is 7.16. The van der Waals surface area contributed by atoms with E-state index in [1.54, 1.807) is 6.20 Å². The average Bonchev–Trinajstić information content (AvgIpc) is 3.42. The van der Waals surface area contributed by atoms with Crippen LogP contribution in [0.5, 0.6) is 11.6 Å². The average molecular weight is 587 g/mol. The van der Waals surface area contributed by atoms with Crippen molar-refractivity contribution < 1.29 is 27.1 Å². The van der Waals surface area contributed by atoms with E-state index in [2.05, 4.69) is 15.0 Å². The maximum absolute atomic E-state index is 15.3. The number of aromatic nitrogens is 4. The van der Waals surface area contributed by atoms with Crippen LogP contribution in [0.25, 0.3) is 33.1 Å². The van der Waals surface area contributed by atoms with E-state index in [4.69, 9.17) is 4.74 Å². The number of nitrogens with one attached hydrogen (secondary N) is 1. The van der Waals surface area contributed by atoms with Crippen molar-refractivity contribution in [2.75, 3.05) is 0 Å². The van der Waals surface area contributed by atoms with Crippen molar-refractivity contribution >= 4 is 27.7 Å². The smallest absolute Gasteiger partial charge is 0.416 e. The number of pyridine rings is 1. The molecule has 3 aromatic heterocycles. The van der Waals surface area contributed by atoms with E-state index >= 15 is 4.39 Å². The van der Waals surface area contributed by atoms with Gasteiger partial charge in [0.1, 0.15) is 12.0 Å². The number of ketones is 1. The van der Waals surface area contributed by atoms with E-state index in [9.17, 15) is 22.8 Å². The number of H-pyrrole nitrogens is 1. The fourth-order valence-corrected chi connectivity index (χ4v) is 5.13. The molecule has 216 valence electrons. The van der Waals surface area contributed by atoms with Gasteiger partial charge in [-0.05, 0) is 48.4 Å². The van der Waals surface area contributed by atoms with Crippen molar-refractivity contribution in [2.24, 2.45) is 7.05 Å². The molecule has 0 amide bonds. The zero-order valence-electron chi connectivity index (χ0n) is 22.8. The third-order valence-electron chi connectivity index (χ3n) is 7.39. The summed E-state index contributed by atoms with van der Waals surface area (Å²) in [4.78, 5) is 38.0. The van der Waals surface area contributed by atoms with E-state index in [1.165, 1.54) is 37.0 Å². The van der Waals surface area contributed by atoms with Crippen molar-refractivity contribution in [2.45, 2.75) is 19.5 Å². The number of carbonyl (C=O) groups is 1. The summed E-state index contributed by atoms with van der Waals surface area (Å²) in [7, 11) is 1.48. The number of nitrogens with zero attached hydrogens (tertiary/aromatic N) is 3. The van der Waals surface area contributed by atoms with Crippen LogP contribution in [0, 0.1) is 12.7 Å². The van der Waals surface area contributed by atoms with E-state index in [0.29, 0.717) is 11.0 Å². The molecule has 0 aliphatic carbocycles. The Hall–Kier alpha value is -5.32. The van der Waals surface area contributed by atoms with Crippen molar-refractivity contribution in [1.82, 2.24) is 19.5 Å². The molecule has 0 unspecified atom stereocenters. The number of carbonyl (C=O) groups excluding carboxylic acids is 1. The number of halogens is 4. The second-order valence-corrected chi connectivity index (χ2v) is 10.0. The van der Waals surface area contributed by atoms with Gasteiger partial charge in [0.15, 0.2) is 22.8 Å². The maximum atomic E-state index is 15.3. The highest BCUT2D eigenvalue weighted by Crippen LogP contribution is 2.36. The maximum Gasteiger partial charge on any atom is 0.416 e. The number of aromatic amines is 1. The molecule has 3 heterocycles. The van der Waals surface area contributed by atoms with Crippen LogP contribution in [0.1, 0.15) is 27.2 Å². The van der Waals surface area contributed by atoms with Gasteiger partial charge in [-0.2, -0.15) is 13.2 Å². The quantitative estimate of drug-likeness (QED) is 0.165. The monoisotopic (exact) mass is 586 g/mol. The number of alkyl halides is 3. The first-order valence-corrected chi connectivity index (χ1v) is 13.1. The molecule has 0 bridgehead atoms. The third kappa shape index (κ3) is 5.03. The van der Waals surface area contributed by atoms with Gasteiger partial charge in [0.05, 0.1) is 22.0 Å². The second-order valence-electron chi connectivity index (χ2n) is 10.0. The van der Waals surface area contributed by atoms with E-state index in [0.717, 1.165) is 35.4 Å². The summed E-state index contributed by atoms with van der Waals surface area (Å²) in [5.41, 5.74) is 0.958. The third-order valence-corrected chi connectivity index (χ3v) is 7.39. The summed E-state index contributed by atoms with van der Waals surface area (Å²) in [6, 6.07) is 16.3. The molecule has 3 aromatic carbocycles. The molecule has 0 fully saturated rings. The lowest BCUT2D eigenvalue weighted by Gasteiger charge is -2.16. The zero-order chi connectivity index (χ0) is 30.5. The van der Waals surface area contributed by atoms with Crippen LogP contribution in [-0.2, 0) is 19.6 Å². The largest absolute Gasteiger partial charge is 0.435 e. The van der Waals surface area contributed by atoms with Crippen LogP contribution in [0.3, 0.4) is 0 Å². The molecule has 0 atom stereocenters. The van der Waals surface area contributed by atoms with E-state index in [1.807, 2.05) is 30.3 Å². The number of fused-ring (bicyclic) bond motifs is 2. The minimum atomic E-state index is -4.59. The minimum Gasteiger partial charge on any atom is -0.435 e. The Morgan fingerprint density at radius 3 is 2.51 bits per heavy atom. The molecule has 43 heavy (non-hydrogen) atoms. The molecular formula is C32H22F4N4O3. The summed E-state index contributed by atoms with van der Waals surface area (Å²) < 4.78 is 62.2. The summed E-state index contributed by atoms with van der Waals surface area (Å²) in [6.07, 6.45) is -1.84. The molecule has 0 saturated heterocycles. The first kappa shape index (κ1) is 27.8. The molecule has 1 N–H and O–H groups in total. The van der Waals surface area contributed by atoms with Gasteiger partial charge in [0.2, 0.25) is 5.88 Å². The molecule has 7 nitrogen and oxygen atoms in total. The highest BCUT2D eigenvalue weighted by atomic mass is 19.4. The summed E-state index contributed by atoms with van der Waals surface area (Å²) >= 11 is 0. The second kappa shape index (κ2) is 10.5. The first-order chi connectivity index (χ1) is 20.5. The Kier molecular flexibility index (Phi) is 6.80. The molecule has 0 radical (unpaired) electrons. The van der Waals surface area contributed by atoms with Gasteiger partial charge in [-0.1, -0.05) is 36.4 Å². The lowest BCUT2D eigenvalue weighted by atomic mass is 9.98. The molecule has 0 aliphatic rings. The van der Waals surface area contributed by atoms with Crippen molar-refractivity contribution in [3.05, 3.63) is 118 Å². The van der Waals surface area contributed by atoms with Gasteiger partial charge in [0.25, 0.3) is 0 Å². The molecule has 6 rings (SSSR count). The van der Waals surface area contributed by atoms with Gasteiger partial charge in [-0.25, -0.2) is 14.4 Å². The topological polar surface area (TPSA) is 89.9 Å². The van der Waals surface area contributed by atoms with Crippen molar-refractivity contribution in [3.8, 4) is 22.8 Å². The van der Waals surface area contributed by atoms with Crippen LogP contribution in [-0.4, -0.2) is 25.3 Å². The highest BCUT2D eigenvalue weighted by molar-refractivity contribution is 6.01. The SMILES string of the molecule is Cc1c(C(=O)Cc2ccc(Oc3ncnc4[nH]cc(-c5ccccc5)c34)c(F)c2)c(=O)c2ccc(C(F)(F)F)cc2n1C. The van der Waals surface area contributed by atoms with E-state index in [-0.39, 0.29) is 45.8 Å². The molecule has 0 aliphatic heterocycles. The van der Waals surface area contributed by atoms with Gasteiger partial charge >= 0.3 is 6.18 Å². The summed E-state index contributed by atoms with van der Waals surface area (Å²) in [6.45, 7) is 1.49. The normalized spacial score (nSPS) is 11.8. The number of ether oxygens (including phenoxy) is 1. The number of Topliss-reactive ketones (excluding diaryl/α,β-unsaturated/α-hetero) is 1. The minimum absolute atomic E-state index is 0.0184.